The van der Waals surface area contributed by atoms with Crippen molar-refractivity contribution in [2.75, 3.05) is 19.6 Å². The highest BCUT2D eigenvalue weighted by Gasteiger charge is 2.17. The normalized spacial score (nSPS) is 17.0. The molecule has 1 fully saturated rings. The molecular weight excluding hydrogens is 306 g/mol. The summed E-state index contributed by atoms with van der Waals surface area (Å²) in [7, 11) is 0. The molecule has 0 spiro atoms. The summed E-state index contributed by atoms with van der Waals surface area (Å²) in [6.07, 6.45) is 1.56. The van der Waals surface area contributed by atoms with Crippen LogP contribution in [0.25, 0.3) is 0 Å². The first-order valence-corrected chi connectivity index (χ1v) is 7.75. The quantitative estimate of drug-likeness (QED) is 0.714. The molecule has 0 aliphatic carbocycles. The van der Waals surface area contributed by atoms with E-state index in [4.69, 9.17) is 0 Å². The molecule has 1 atom stereocenters. The molecule has 1 aliphatic rings. The summed E-state index contributed by atoms with van der Waals surface area (Å²) in [4.78, 5) is 11.9. The van der Waals surface area contributed by atoms with Crippen molar-refractivity contribution in [2.45, 2.75) is 32.0 Å². The topological polar surface area (TPSA) is 70.6 Å². The summed E-state index contributed by atoms with van der Waals surface area (Å²) in [6.45, 7) is -0.903. The van der Waals surface area contributed by atoms with E-state index in [9.17, 15) is 18.7 Å². The number of piperidine rings is 1. The van der Waals surface area contributed by atoms with E-state index >= 15 is 0 Å². The third-order valence-electron chi connectivity index (χ3n) is 3.92. The maximum absolute atomic E-state index is 12.1. The minimum absolute atomic E-state index is 0.0332. The molecule has 1 heterocycles. The van der Waals surface area contributed by atoms with Gasteiger partial charge in [-0.2, -0.15) is 8.78 Å². The lowest BCUT2D eigenvalue weighted by Crippen LogP contribution is -2.33. The fourth-order valence-corrected chi connectivity index (χ4v) is 2.62. The lowest BCUT2D eigenvalue weighted by Gasteiger charge is -2.22. The zero-order chi connectivity index (χ0) is 16.7. The van der Waals surface area contributed by atoms with Gasteiger partial charge in [-0.05, 0) is 49.5 Å². The highest BCUT2D eigenvalue weighted by molar-refractivity contribution is 5.76. The van der Waals surface area contributed by atoms with Crippen LogP contribution in [0.1, 0.15) is 30.9 Å². The van der Waals surface area contributed by atoms with Crippen LogP contribution in [0.5, 0.6) is 5.75 Å². The molecule has 1 amide bonds. The number of ether oxygens (including phenoxy) is 1. The lowest BCUT2D eigenvalue weighted by atomic mass is 9.94. The molecule has 1 aromatic rings. The summed E-state index contributed by atoms with van der Waals surface area (Å²) >= 11 is 0. The first-order chi connectivity index (χ1) is 11.0. The van der Waals surface area contributed by atoms with E-state index in [0.717, 1.165) is 25.9 Å². The highest BCUT2D eigenvalue weighted by Crippen LogP contribution is 2.19. The number of carbonyl (C=O) groups is 1. The largest absolute Gasteiger partial charge is 0.435 e. The number of rotatable bonds is 7. The Bertz CT molecular complexity index is 491. The van der Waals surface area contributed by atoms with Crippen LogP contribution in [0.3, 0.4) is 0 Å². The number of nitrogens with one attached hydrogen (secondary N) is 2. The number of aliphatic hydroxyl groups is 1. The Labute approximate surface area is 134 Å². The molecule has 3 N–H and O–H groups in total. The third-order valence-corrected chi connectivity index (χ3v) is 3.92. The van der Waals surface area contributed by atoms with Gasteiger partial charge < -0.3 is 20.5 Å². The summed E-state index contributed by atoms with van der Waals surface area (Å²) in [5.74, 6) is 0.346. The second kappa shape index (κ2) is 8.79. The molecule has 0 aromatic heterocycles. The van der Waals surface area contributed by atoms with Crippen LogP contribution in [0.2, 0.25) is 0 Å². The molecule has 0 radical (unpaired) electrons. The maximum Gasteiger partial charge on any atom is 0.387 e. The minimum atomic E-state index is -2.87. The highest BCUT2D eigenvalue weighted by atomic mass is 19.3. The van der Waals surface area contributed by atoms with Crippen molar-refractivity contribution in [1.29, 1.82) is 0 Å². The maximum atomic E-state index is 12.1. The number of aliphatic hydroxyl groups excluding tert-OH is 1. The number of hydrogen-bond acceptors (Lipinski definition) is 4. The molecule has 1 aromatic carbocycles. The Morgan fingerprint density at radius 1 is 1.30 bits per heavy atom. The van der Waals surface area contributed by atoms with E-state index in [1.54, 1.807) is 0 Å². The van der Waals surface area contributed by atoms with Crippen LogP contribution in [0.15, 0.2) is 24.3 Å². The molecule has 1 unspecified atom stereocenters. The second-order valence-electron chi connectivity index (χ2n) is 5.66. The molecule has 23 heavy (non-hydrogen) atoms. The van der Waals surface area contributed by atoms with E-state index < -0.39 is 12.7 Å². The molecule has 5 nitrogen and oxygen atoms in total. The fourth-order valence-electron chi connectivity index (χ4n) is 2.62. The molecule has 1 saturated heterocycles. The van der Waals surface area contributed by atoms with Crippen molar-refractivity contribution in [1.82, 2.24) is 10.6 Å². The summed E-state index contributed by atoms with van der Waals surface area (Å²) in [6, 6.07) is 5.73. The number of amides is 1. The number of alkyl halides is 2. The molecule has 1 aliphatic heterocycles. The van der Waals surface area contributed by atoms with Gasteiger partial charge in [-0.25, -0.2) is 0 Å². The van der Waals surface area contributed by atoms with Gasteiger partial charge in [-0.1, -0.05) is 12.1 Å². The van der Waals surface area contributed by atoms with Crippen LogP contribution in [-0.2, 0) is 4.79 Å². The Balaban J connectivity index is 1.75. The van der Waals surface area contributed by atoms with Crippen molar-refractivity contribution in [3.63, 3.8) is 0 Å². The van der Waals surface area contributed by atoms with E-state index in [1.807, 2.05) is 0 Å². The minimum Gasteiger partial charge on any atom is -0.435 e. The zero-order valence-corrected chi connectivity index (χ0v) is 12.8. The predicted octanol–water partition coefficient (Wildman–Crippen LogP) is 1.83. The first-order valence-electron chi connectivity index (χ1n) is 7.75. The van der Waals surface area contributed by atoms with Gasteiger partial charge >= 0.3 is 6.61 Å². The van der Waals surface area contributed by atoms with Gasteiger partial charge in [0.25, 0.3) is 0 Å². The van der Waals surface area contributed by atoms with Crippen LogP contribution in [0, 0.1) is 5.92 Å². The molecule has 128 valence electrons. The Morgan fingerprint density at radius 2 is 1.96 bits per heavy atom. The molecular formula is C16H22F2N2O3. The number of halogens is 2. The lowest BCUT2D eigenvalue weighted by molar-refractivity contribution is -0.122. The van der Waals surface area contributed by atoms with Crippen LogP contribution in [-0.4, -0.2) is 37.3 Å². The van der Waals surface area contributed by atoms with Crippen molar-refractivity contribution < 1.29 is 23.4 Å². The van der Waals surface area contributed by atoms with E-state index in [1.165, 1.54) is 24.3 Å². The average Bonchev–Trinajstić information content (AvgIpc) is 2.54. The summed E-state index contributed by atoms with van der Waals surface area (Å²) in [5, 5.41) is 16.0. The summed E-state index contributed by atoms with van der Waals surface area (Å²) < 4.78 is 28.4. The van der Waals surface area contributed by atoms with Crippen LogP contribution < -0.4 is 15.4 Å². The van der Waals surface area contributed by atoms with E-state index in [-0.39, 0.29) is 18.2 Å². The fraction of sp³-hybridized carbons (Fsp3) is 0.562. The van der Waals surface area contributed by atoms with Crippen LogP contribution in [0.4, 0.5) is 8.78 Å². The van der Waals surface area contributed by atoms with Crippen molar-refractivity contribution >= 4 is 5.91 Å². The monoisotopic (exact) mass is 328 g/mol. The van der Waals surface area contributed by atoms with Crippen molar-refractivity contribution in [3.8, 4) is 5.75 Å². The molecule has 0 saturated carbocycles. The Morgan fingerprint density at radius 3 is 2.57 bits per heavy atom. The van der Waals surface area contributed by atoms with Crippen molar-refractivity contribution in [3.05, 3.63) is 29.8 Å². The van der Waals surface area contributed by atoms with Crippen LogP contribution >= 0.6 is 0 Å². The SMILES string of the molecule is O=C(CC1CCNCC1)NCC(O)c1ccc(OC(F)F)cc1. The average molecular weight is 328 g/mol. The van der Waals surface area contributed by atoms with Gasteiger partial charge in [0, 0.05) is 13.0 Å². The Kier molecular flexibility index (Phi) is 6.73. The van der Waals surface area contributed by atoms with E-state index in [0.29, 0.717) is 17.9 Å². The van der Waals surface area contributed by atoms with Crippen molar-refractivity contribution in [2.24, 2.45) is 5.92 Å². The summed E-state index contributed by atoms with van der Waals surface area (Å²) in [5.41, 5.74) is 0.536. The van der Waals surface area contributed by atoms with Gasteiger partial charge in [0.1, 0.15) is 5.75 Å². The van der Waals surface area contributed by atoms with Gasteiger partial charge in [0.2, 0.25) is 5.91 Å². The second-order valence-corrected chi connectivity index (χ2v) is 5.66. The first kappa shape index (κ1) is 17.6. The number of carbonyl (C=O) groups excluding carboxylic acids is 1. The third kappa shape index (κ3) is 6.11. The number of hydrogen-bond donors (Lipinski definition) is 3. The van der Waals surface area contributed by atoms with Gasteiger partial charge in [0.15, 0.2) is 0 Å². The standard InChI is InChI=1S/C16H22F2N2O3/c17-16(18)23-13-3-1-12(2-4-13)14(21)10-20-15(22)9-11-5-7-19-8-6-11/h1-4,11,14,16,19,21H,5-10H2,(H,20,22). The van der Waals surface area contributed by atoms with Gasteiger partial charge in [-0.15, -0.1) is 0 Å². The predicted molar refractivity (Wildman–Crippen MR) is 81.3 cm³/mol. The zero-order valence-electron chi connectivity index (χ0n) is 12.8. The smallest absolute Gasteiger partial charge is 0.387 e. The number of benzene rings is 1. The molecule has 0 bridgehead atoms. The molecule has 7 heteroatoms. The van der Waals surface area contributed by atoms with Gasteiger partial charge in [0.05, 0.1) is 6.10 Å². The molecule has 2 rings (SSSR count). The van der Waals surface area contributed by atoms with E-state index in [2.05, 4.69) is 15.4 Å². The van der Waals surface area contributed by atoms with Gasteiger partial charge in [-0.3, -0.25) is 4.79 Å². The Hall–Kier alpha value is -1.73.